The molecule has 17 heavy (non-hydrogen) atoms. The van der Waals surface area contributed by atoms with E-state index >= 15 is 0 Å². The monoisotopic (exact) mass is 239 g/mol. The van der Waals surface area contributed by atoms with E-state index in [2.05, 4.69) is 20.6 Å². The maximum atomic E-state index is 11.6. The summed E-state index contributed by atoms with van der Waals surface area (Å²) in [5.41, 5.74) is 5.93. The van der Waals surface area contributed by atoms with Gasteiger partial charge in [-0.15, -0.1) is 0 Å². The summed E-state index contributed by atoms with van der Waals surface area (Å²) in [6.07, 6.45) is 2.95. The highest BCUT2D eigenvalue weighted by Crippen LogP contribution is 2.02. The van der Waals surface area contributed by atoms with E-state index in [1.54, 1.807) is 14.0 Å². The number of aromatic nitrogens is 2. The molecule has 0 fully saturated rings. The van der Waals surface area contributed by atoms with Crippen molar-refractivity contribution >= 4 is 17.5 Å². The number of hydrogen-bond acceptors (Lipinski definition) is 6. The molecule has 0 saturated heterocycles. The van der Waals surface area contributed by atoms with Crippen LogP contribution in [0.4, 0.5) is 11.6 Å². The molecular weight excluding hydrogens is 222 g/mol. The Balaban J connectivity index is 2.40. The van der Waals surface area contributed by atoms with E-state index in [9.17, 15) is 4.79 Å². The second kappa shape index (κ2) is 6.64. The number of nitrogens with one attached hydrogen (secondary N) is 2. The molecule has 1 heterocycles. The molecular formula is C10H17N5O2. The summed E-state index contributed by atoms with van der Waals surface area (Å²) in [6.45, 7) is 2.68. The number of anilines is 2. The van der Waals surface area contributed by atoms with E-state index in [4.69, 9.17) is 10.5 Å². The first-order chi connectivity index (χ1) is 8.13. The van der Waals surface area contributed by atoms with Gasteiger partial charge < -0.3 is 21.1 Å². The number of nitrogens with zero attached hydrogens (tertiary/aromatic N) is 2. The van der Waals surface area contributed by atoms with Crippen LogP contribution in [0.2, 0.25) is 0 Å². The number of carbonyl (C=O) groups excluding carboxylic acids is 1. The quantitative estimate of drug-likeness (QED) is 0.585. The SMILES string of the molecule is COCCNC(=O)C(C)Nc1ncc(N)cn1. The molecule has 0 bridgehead atoms. The molecule has 0 aromatic carbocycles. The molecule has 0 aliphatic carbocycles. The van der Waals surface area contributed by atoms with Crippen LogP contribution < -0.4 is 16.4 Å². The number of amides is 1. The largest absolute Gasteiger partial charge is 0.396 e. The lowest BCUT2D eigenvalue weighted by Crippen LogP contribution is -2.39. The molecule has 0 aliphatic rings. The van der Waals surface area contributed by atoms with E-state index in [1.807, 2.05) is 0 Å². The van der Waals surface area contributed by atoms with Crippen LogP contribution in [-0.4, -0.2) is 42.2 Å². The predicted octanol–water partition coefficient (Wildman–Crippen LogP) is -0.378. The van der Waals surface area contributed by atoms with Crippen LogP contribution in [0.15, 0.2) is 12.4 Å². The minimum Gasteiger partial charge on any atom is -0.396 e. The molecule has 1 aromatic heterocycles. The molecule has 1 rings (SSSR count). The van der Waals surface area contributed by atoms with Crippen molar-refractivity contribution in [2.75, 3.05) is 31.3 Å². The summed E-state index contributed by atoms with van der Waals surface area (Å²) in [5, 5.41) is 5.57. The number of methoxy groups -OCH3 is 1. The van der Waals surface area contributed by atoms with Gasteiger partial charge in [0.15, 0.2) is 0 Å². The molecule has 0 aliphatic heterocycles. The predicted molar refractivity (Wildman–Crippen MR) is 64.4 cm³/mol. The van der Waals surface area contributed by atoms with Crippen molar-refractivity contribution in [2.45, 2.75) is 13.0 Å². The van der Waals surface area contributed by atoms with Gasteiger partial charge >= 0.3 is 0 Å². The lowest BCUT2D eigenvalue weighted by molar-refractivity contribution is -0.121. The van der Waals surface area contributed by atoms with E-state index in [0.717, 1.165) is 0 Å². The van der Waals surface area contributed by atoms with E-state index in [1.165, 1.54) is 12.4 Å². The Hall–Kier alpha value is -1.89. The first-order valence-electron chi connectivity index (χ1n) is 5.24. The van der Waals surface area contributed by atoms with Crippen LogP contribution in [-0.2, 0) is 9.53 Å². The van der Waals surface area contributed by atoms with Gasteiger partial charge in [-0.1, -0.05) is 0 Å². The van der Waals surface area contributed by atoms with Crippen LogP contribution in [0.1, 0.15) is 6.92 Å². The molecule has 0 radical (unpaired) electrons. The van der Waals surface area contributed by atoms with Crippen molar-refractivity contribution < 1.29 is 9.53 Å². The van der Waals surface area contributed by atoms with Gasteiger partial charge in [0.2, 0.25) is 11.9 Å². The van der Waals surface area contributed by atoms with Gasteiger partial charge in [0.25, 0.3) is 0 Å². The minimum atomic E-state index is -0.421. The number of nitrogen functional groups attached to an aromatic ring is 1. The topological polar surface area (TPSA) is 102 Å². The molecule has 1 aromatic rings. The normalized spacial score (nSPS) is 11.9. The van der Waals surface area contributed by atoms with Crippen molar-refractivity contribution in [1.29, 1.82) is 0 Å². The molecule has 0 saturated carbocycles. The van der Waals surface area contributed by atoms with Crippen molar-refractivity contribution in [1.82, 2.24) is 15.3 Å². The standard InChI is InChI=1S/C10H17N5O2/c1-7(9(16)12-3-4-17-2)15-10-13-5-8(11)6-14-10/h5-7H,3-4,11H2,1-2H3,(H,12,16)(H,13,14,15). The van der Waals surface area contributed by atoms with Gasteiger partial charge in [0, 0.05) is 13.7 Å². The van der Waals surface area contributed by atoms with Crippen LogP contribution in [0.5, 0.6) is 0 Å². The average molecular weight is 239 g/mol. The van der Waals surface area contributed by atoms with Crippen molar-refractivity contribution in [2.24, 2.45) is 0 Å². The molecule has 7 heteroatoms. The van der Waals surface area contributed by atoms with Gasteiger partial charge in [0.1, 0.15) is 6.04 Å². The number of ether oxygens (including phenoxy) is 1. The summed E-state index contributed by atoms with van der Waals surface area (Å²) >= 11 is 0. The van der Waals surface area contributed by atoms with Crippen molar-refractivity contribution in [3.05, 3.63) is 12.4 Å². The molecule has 7 nitrogen and oxygen atoms in total. The zero-order chi connectivity index (χ0) is 12.7. The zero-order valence-corrected chi connectivity index (χ0v) is 9.93. The van der Waals surface area contributed by atoms with Crippen molar-refractivity contribution in [3.8, 4) is 0 Å². The minimum absolute atomic E-state index is 0.137. The second-order valence-corrected chi connectivity index (χ2v) is 3.49. The summed E-state index contributed by atoms with van der Waals surface area (Å²) in [4.78, 5) is 19.5. The number of nitrogens with two attached hydrogens (primary N) is 1. The fraction of sp³-hybridized carbons (Fsp3) is 0.500. The maximum Gasteiger partial charge on any atom is 0.242 e. The average Bonchev–Trinajstić information content (AvgIpc) is 2.32. The fourth-order valence-corrected chi connectivity index (χ4v) is 1.10. The van der Waals surface area contributed by atoms with Gasteiger partial charge in [-0.3, -0.25) is 4.79 Å². The Morgan fingerprint density at radius 1 is 1.53 bits per heavy atom. The molecule has 4 N–H and O–H groups in total. The Labute approximate surface area is 99.8 Å². The van der Waals surface area contributed by atoms with Crippen LogP contribution in [0, 0.1) is 0 Å². The zero-order valence-electron chi connectivity index (χ0n) is 9.93. The molecule has 94 valence electrons. The lowest BCUT2D eigenvalue weighted by atomic mass is 10.3. The van der Waals surface area contributed by atoms with E-state index < -0.39 is 6.04 Å². The Bertz CT molecular complexity index is 354. The van der Waals surface area contributed by atoms with Crippen LogP contribution >= 0.6 is 0 Å². The van der Waals surface area contributed by atoms with Crippen molar-refractivity contribution in [3.63, 3.8) is 0 Å². The maximum absolute atomic E-state index is 11.6. The lowest BCUT2D eigenvalue weighted by Gasteiger charge is -2.13. The first kappa shape index (κ1) is 13.2. The molecule has 0 spiro atoms. The Morgan fingerprint density at radius 2 is 2.18 bits per heavy atom. The second-order valence-electron chi connectivity index (χ2n) is 3.49. The molecule has 1 atom stereocenters. The van der Waals surface area contributed by atoms with E-state index in [0.29, 0.717) is 24.8 Å². The number of carbonyl (C=O) groups is 1. The summed E-state index contributed by atoms with van der Waals surface area (Å²) in [5.74, 6) is 0.232. The van der Waals surface area contributed by atoms with Crippen LogP contribution in [0.25, 0.3) is 0 Å². The van der Waals surface area contributed by atoms with Gasteiger partial charge in [-0.25, -0.2) is 9.97 Å². The fourth-order valence-electron chi connectivity index (χ4n) is 1.10. The highest BCUT2D eigenvalue weighted by molar-refractivity contribution is 5.83. The van der Waals surface area contributed by atoms with Gasteiger partial charge in [-0.2, -0.15) is 0 Å². The molecule has 1 amide bonds. The summed E-state index contributed by atoms with van der Waals surface area (Å²) in [6, 6.07) is -0.421. The Kier molecular flexibility index (Phi) is 5.15. The molecule has 1 unspecified atom stereocenters. The summed E-state index contributed by atoms with van der Waals surface area (Å²) < 4.78 is 4.83. The first-order valence-corrected chi connectivity index (χ1v) is 5.24. The smallest absolute Gasteiger partial charge is 0.242 e. The van der Waals surface area contributed by atoms with E-state index in [-0.39, 0.29) is 5.91 Å². The third-order valence-corrected chi connectivity index (χ3v) is 2.02. The highest BCUT2D eigenvalue weighted by Gasteiger charge is 2.12. The third kappa shape index (κ3) is 4.64. The third-order valence-electron chi connectivity index (χ3n) is 2.02. The van der Waals surface area contributed by atoms with Crippen LogP contribution in [0.3, 0.4) is 0 Å². The van der Waals surface area contributed by atoms with Gasteiger partial charge in [0.05, 0.1) is 24.7 Å². The Morgan fingerprint density at radius 3 is 2.76 bits per heavy atom. The highest BCUT2D eigenvalue weighted by atomic mass is 16.5. The number of hydrogen-bond donors (Lipinski definition) is 3. The van der Waals surface area contributed by atoms with Gasteiger partial charge in [-0.05, 0) is 6.92 Å². The number of rotatable bonds is 6. The summed E-state index contributed by atoms with van der Waals surface area (Å²) in [7, 11) is 1.58.